The number of carbonyl (C=O) groups is 2. The Morgan fingerprint density at radius 3 is 2.59 bits per heavy atom. The predicted molar refractivity (Wildman–Crippen MR) is 159 cm³/mol. The van der Waals surface area contributed by atoms with Crippen LogP contribution in [0.5, 0.6) is 5.75 Å². The van der Waals surface area contributed by atoms with Crippen LogP contribution in [0.25, 0.3) is 21.9 Å². The second kappa shape index (κ2) is 11.0. The van der Waals surface area contributed by atoms with Gasteiger partial charge in [-0.1, -0.05) is 55.0 Å². The van der Waals surface area contributed by atoms with Crippen LogP contribution >= 0.6 is 11.3 Å². The number of aryl methyl sites for hydroxylation is 1. The molecular formula is C31H27N5O4S. The van der Waals surface area contributed by atoms with Crippen molar-refractivity contribution in [1.29, 1.82) is 0 Å². The Balaban J connectivity index is 1.31. The summed E-state index contributed by atoms with van der Waals surface area (Å²) in [6.07, 6.45) is 2.05. The maximum Gasteiger partial charge on any atom is 0.291 e. The first-order chi connectivity index (χ1) is 19.9. The lowest BCUT2D eigenvalue weighted by Gasteiger charge is -2.16. The molecule has 5 aromatic rings. The van der Waals surface area contributed by atoms with Crippen molar-refractivity contribution in [3.63, 3.8) is 0 Å². The average Bonchev–Trinajstić information content (AvgIpc) is 3.60. The smallest absolute Gasteiger partial charge is 0.291 e. The van der Waals surface area contributed by atoms with E-state index < -0.39 is 11.5 Å². The predicted octanol–water partition coefficient (Wildman–Crippen LogP) is 4.21. The molecule has 1 aliphatic heterocycles. The Kier molecular flexibility index (Phi) is 7.07. The highest BCUT2D eigenvalue weighted by Crippen LogP contribution is 2.35. The third kappa shape index (κ3) is 5.09. The normalized spacial score (nSPS) is 14.0. The molecule has 41 heavy (non-hydrogen) atoms. The highest BCUT2D eigenvalue weighted by molar-refractivity contribution is 7.15. The van der Waals surface area contributed by atoms with E-state index in [0.29, 0.717) is 34.3 Å². The van der Waals surface area contributed by atoms with Gasteiger partial charge in [-0.15, -0.1) is 5.10 Å². The summed E-state index contributed by atoms with van der Waals surface area (Å²) >= 11 is 1.11. The molecule has 9 nitrogen and oxygen atoms in total. The molecule has 0 spiro atoms. The first-order valence-corrected chi connectivity index (χ1v) is 14.2. The quantitative estimate of drug-likeness (QED) is 0.283. The van der Waals surface area contributed by atoms with Crippen molar-refractivity contribution in [2.24, 2.45) is 0 Å². The summed E-state index contributed by atoms with van der Waals surface area (Å²) in [5, 5.41) is 7.29. The minimum atomic E-state index is -0.424. The summed E-state index contributed by atoms with van der Waals surface area (Å²) in [5.41, 5.74) is 3.42. The van der Waals surface area contributed by atoms with Gasteiger partial charge >= 0.3 is 0 Å². The molecule has 3 aromatic carbocycles. The first-order valence-electron chi connectivity index (χ1n) is 13.4. The van der Waals surface area contributed by atoms with E-state index in [9.17, 15) is 14.4 Å². The second-order valence-corrected chi connectivity index (χ2v) is 10.8. The number of nitrogens with one attached hydrogen (secondary N) is 1. The van der Waals surface area contributed by atoms with Crippen molar-refractivity contribution in [1.82, 2.24) is 14.6 Å². The van der Waals surface area contributed by atoms with Crippen LogP contribution in [-0.2, 0) is 9.59 Å². The summed E-state index contributed by atoms with van der Waals surface area (Å²) < 4.78 is 7.20. The van der Waals surface area contributed by atoms with Gasteiger partial charge in [0.25, 0.3) is 11.5 Å². The molecule has 0 radical (unpaired) electrons. The van der Waals surface area contributed by atoms with Crippen molar-refractivity contribution in [2.45, 2.75) is 26.7 Å². The van der Waals surface area contributed by atoms with Crippen LogP contribution in [0.4, 0.5) is 11.4 Å². The van der Waals surface area contributed by atoms with E-state index in [1.807, 2.05) is 49.4 Å². The fraction of sp³-hybridized carbons (Fsp3) is 0.194. The number of amides is 2. The Bertz CT molecular complexity index is 1890. The topological polar surface area (TPSA) is 106 Å². The zero-order valence-electron chi connectivity index (χ0n) is 22.6. The van der Waals surface area contributed by atoms with E-state index in [1.165, 1.54) is 9.42 Å². The third-order valence-electron chi connectivity index (χ3n) is 6.79. The molecule has 0 aliphatic carbocycles. The molecule has 0 saturated carbocycles. The molecule has 6 rings (SSSR count). The van der Waals surface area contributed by atoms with Crippen LogP contribution in [0.15, 0.2) is 77.6 Å². The number of hydrogen-bond acceptors (Lipinski definition) is 7. The van der Waals surface area contributed by atoms with Crippen molar-refractivity contribution in [3.8, 4) is 17.1 Å². The minimum Gasteiger partial charge on any atom is -0.494 e. The van der Waals surface area contributed by atoms with Crippen LogP contribution in [0.3, 0.4) is 0 Å². The van der Waals surface area contributed by atoms with E-state index in [4.69, 9.17) is 4.74 Å². The van der Waals surface area contributed by atoms with Gasteiger partial charge in [0.2, 0.25) is 10.9 Å². The molecule has 0 fully saturated rings. The number of unbranched alkanes of at least 4 members (excludes halogenated alkanes) is 1. The van der Waals surface area contributed by atoms with Gasteiger partial charge in [0.1, 0.15) is 16.8 Å². The fourth-order valence-electron chi connectivity index (χ4n) is 4.77. The van der Waals surface area contributed by atoms with Crippen LogP contribution < -0.4 is 25.0 Å². The maximum absolute atomic E-state index is 13.7. The van der Waals surface area contributed by atoms with E-state index >= 15 is 0 Å². The molecule has 2 aromatic heterocycles. The van der Waals surface area contributed by atoms with Gasteiger partial charge in [0.05, 0.1) is 17.9 Å². The standard InChI is InChI=1S/C31H27N5O4S/c1-3-4-16-40-22-14-12-20(13-15-22)28-33-31-36(34-28)30(39)27(41-31)26-23-10-5-6-11-24(23)35(29(26)38)18-25(37)32-21-9-7-8-19(2)17-21/h5-15,17H,3-4,16,18H2,1-2H3,(H,32,37)/b27-26-. The number of ether oxygens (including phenoxy) is 1. The number of rotatable bonds is 8. The van der Waals surface area contributed by atoms with Crippen molar-refractivity contribution in [3.05, 3.63) is 98.8 Å². The minimum absolute atomic E-state index is 0.190. The van der Waals surface area contributed by atoms with E-state index in [2.05, 4.69) is 22.3 Å². The summed E-state index contributed by atoms with van der Waals surface area (Å²) in [6.45, 7) is 4.52. The molecule has 0 saturated heterocycles. The monoisotopic (exact) mass is 565 g/mol. The molecule has 0 unspecified atom stereocenters. The van der Waals surface area contributed by atoms with Gasteiger partial charge in [-0.2, -0.15) is 9.50 Å². The summed E-state index contributed by atoms with van der Waals surface area (Å²) in [7, 11) is 0. The van der Waals surface area contributed by atoms with E-state index in [-0.39, 0.29) is 22.6 Å². The van der Waals surface area contributed by atoms with E-state index in [0.717, 1.165) is 41.1 Å². The number of aromatic nitrogens is 3. The second-order valence-electron chi connectivity index (χ2n) is 9.79. The maximum atomic E-state index is 13.7. The Hall–Kier alpha value is -4.83. The Labute approximate surface area is 239 Å². The van der Waals surface area contributed by atoms with Crippen molar-refractivity contribution in [2.75, 3.05) is 23.4 Å². The van der Waals surface area contributed by atoms with Crippen LogP contribution in [0.2, 0.25) is 0 Å². The van der Waals surface area contributed by atoms with Gasteiger partial charge in [0, 0.05) is 16.8 Å². The van der Waals surface area contributed by atoms with Gasteiger partial charge < -0.3 is 10.1 Å². The van der Waals surface area contributed by atoms with Crippen LogP contribution in [-0.4, -0.2) is 39.6 Å². The first kappa shape index (κ1) is 26.4. The van der Waals surface area contributed by atoms with Crippen LogP contribution in [0, 0.1) is 6.92 Å². The lowest BCUT2D eigenvalue weighted by Crippen LogP contribution is -2.37. The van der Waals surface area contributed by atoms with Gasteiger partial charge in [0.15, 0.2) is 5.82 Å². The average molecular weight is 566 g/mol. The zero-order valence-corrected chi connectivity index (χ0v) is 23.4. The highest BCUT2D eigenvalue weighted by Gasteiger charge is 2.35. The van der Waals surface area contributed by atoms with Crippen LogP contribution in [0.1, 0.15) is 30.9 Å². The molecule has 0 bridgehead atoms. The number of hydrogen-bond donors (Lipinski definition) is 1. The highest BCUT2D eigenvalue weighted by atomic mass is 32.1. The lowest BCUT2D eigenvalue weighted by atomic mass is 10.1. The number of carbonyl (C=O) groups excluding carboxylic acids is 2. The molecule has 0 atom stereocenters. The Morgan fingerprint density at radius 2 is 1.83 bits per heavy atom. The summed E-state index contributed by atoms with van der Waals surface area (Å²) in [4.78, 5) is 46.4. The molecule has 10 heteroatoms. The van der Waals surface area contributed by atoms with E-state index in [1.54, 1.807) is 30.3 Å². The van der Waals surface area contributed by atoms with Gasteiger partial charge in [-0.05, 0) is 61.4 Å². The van der Waals surface area contributed by atoms with Gasteiger partial charge in [-0.3, -0.25) is 19.3 Å². The molecule has 206 valence electrons. The number of thiazole rings is 1. The number of nitrogens with zero attached hydrogens (tertiary/aromatic N) is 4. The third-order valence-corrected chi connectivity index (χ3v) is 7.82. The number of anilines is 2. The molecule has 1 N–H and O–H groups in total. The molecule has 1 aliphatic rings. The molecule has 3 heterocycles. The Morgan fingerprint density at radius 1 is 1.02 bits per heavy atom. The molecule has 2 amide bonds. The number of para-hydroxylation sites is 1. The molecular weight excluding hydrogens is 538 g/mol. The summed E-state index contributed by atoms with van der Waals surface area (Å²) in [5.74, 6) is 0.432. The zero-order chi connectivity index (χ0) is 28.5. The SMILES string of the molecule is CCCCOc1ccc(-c2nc3s/c(=C4\C(=O)N(CC(=O)Nc5cccc(C)c5)c5ccccc54)c(=O)n3n2)cc1. The van der Waals surface area contributed by atoms with Crippen molar-refractivity contribution >= 4 is 45.1 Å². The summed E-state index contributed by atoms with van der Waals surface area (Å²) in [6, 6.07) is 22.0. The number of fused-ring (bicyclic) bond motifs is 2. The lowest BCUT2D eigenvalue weighted by molar-refractivity contribution is -0.118. The fourth-order valence-corrected chi connectivity index (χ4v) is 5.76. The van der Waals surface area contributed by atoms with Gasteiger partial charge in [-0.25, -0.2) is 0 Å². The largest absolute Gasteiger partial charge is 0.494 e. The number of benzene rings is 3. The van der Waals surface area contributed by atoms with Crippen molar-refractivity contribution < 1.29 is 14.3 Å².